The first kappa shape index (κ1) is 15.8. The molecule has 1 heterocycles. The van der Waals surface area contributed by atoms with E-state index in [4.69, 9.17) is 4.74 Å². The van der Waals surface area contributed by atoms with Crippen LogP contribution >= 0.6 is 11.8 Å². The first-order chi connectivity index (χ1) is 9.84. The van der Waals surface area contributed by atoms with Gasteiger partial charge in [-0.25, -0.2) is 0 Å². The zero-order valence-corrected chi connectivity index (χ0v) is 12.8. The van der Waals surface area contributed by atoms with Crippen LogP contribution in [0, 0.1) is 0 Å². The van der Waals surface area contributed by atoms with Gasteiger partial charge < -0.3 is 15.2 Å². The molecule has 3 nitrogen and oxygen atoms in total. The highest BCUT2D eigenvalue weighted by molar-refractivity contribution is 7.99. The second kappa shape index (κ2) is 9.40. The molecular formula is C16H25NO2S. The lowest BCUT2D eigenvalue weighted by molar-refractivity contribution is 0.0290. The van der Waals surface area contributed by atoms with Crippen molar-refractivity contribution >= 4 is 11.8 Å². The average molecular weight is 295 g/mol. The maximum absolute atomic E-state index is 9.86. The normalized spacial score (nSPS) is 20.8. The zero-order valence-electron chi connectivity index (χ0n) is 12.0. The second-order valence-electron chi connectivity index (χ2n) is 5.30. The number of aliphatic hydroxyl groups excluding tert-OH is 1. The minimum Gasteiger partial charge on any atom is -0.389 e. The molecule has 2 atom stereocenters. The highest BCUT2D eigenvalue weighted by Crippen LogP contribution is 2.24. The summed E-state index contributed by atoms with van der Waals surface area (Å²) in [5, 5.41) is 13.9. The highest BCUT2D eigenvalue weighted by atomic mass is 32.2. The van der Waals surface area contributed by atoms with E-state index in [1.807, 2.05) is 30.3 Å². The average Bonchev–Trinajstić information content (AvgIpc) is 2.49. The Labute approximate surface area is 126 Å². The van der Waals surface area contributed by atoms with Crippen LogP contribution in [0.1, 0.15) is 24.8 Å². The van der Waals surface area contributed by atoms with Crippen LogP contribution in [-0.2, 0) is 11.3 Å². The van der Waals surface area contributed by atoms with Gasteiger partial charge >= 0.3 is 0 Å². The first-order valence-electron chi connectivity index (χ1n) is 7.46. The van der Waals surface area contributed by atoms with Crippen LogP contribution in [0.2, 0.25) is 0 Å². The third-order valence-corrected chi connectivity index (χ3v) is 4.85. The third kappa shape index (κ3) is 6.27. The molecule has 2 rings (SSSR count). The molecule has 0 aliphatic carbocycles. The van der Waals surface area contributed by atoms with E-state index in [1.165, 1.54) is 25.0 Å². The van der Waals surface area contributed by atoms with Gasteiger partial charge in [-0.15, -0.1) is 0 Å². The van der Waals surface area contributed by atoms with E-state index in [2.05, 4.69) is 17.1 Å². The monoisotopic (exact) mass is 295 g/mol. The zero-order chi connectivity index (χ0) is 14.0. The fraction of sp³-hybridized carbons (Fsp3) is 0.625. The summed E-state index contributed by atoms with van der Waals surface area (Å²) in [6, 6.07) is 10.1. The van der Waals surface area contributed by atoms with Crippen molar-refractivity contribution in [2.45, 2.75) is 37.2 Å². The topological polar surface area (TPSA) is 41.5 Å². The van der Waals surface area contributed by atoms with E-state index in [0.717, 1.165) is 17.4 Å². The molecule has 1 aromatic rings. The van der Waals surface area contributed by atoms with Crippen molar-refractivity contribution in [1.29, 1.82) is 0 Å². The number of ether oxygens (including phenoxy) is 1. The maximum atomic E-state index is 9.86. The Morgan fingerprint density at radius 3 is 2.90 bits per heavy atom. The number of nitrogens with one attached hydrogen (secondary N) is 1. The smallest absolute Gasteiger partial charge is 0.0897 e. The molecule has 1 aromatic carbocycles. The van der Waals surface area contributed by atoms with Crippen LogP contribution in [0.3, 0.4) is 0 Å². The predicted octanol–water partition coefficient (Wildman–Crippen LogP) is 2.44. The molecule has 0 spiro atoms. The number of benzene rings is 1. The Hall–Kier alpha value is -0.550. The molecule has 0 bridgehead atoms. The molecule has 2 unspecified atom stereocenters. The summed E-state index contributed by atoms with van der Waals surface area (Å²) in [6.07, 6.45) is 3.59. The molecule has 0 aromatic heterocycles. The first-order valence-corrected chi connectivity index (χ1v) is 8.51. The van der Waals surface area contributed by atoms with Crippen molar-refractivity contribution in [2.24, 2.45) is 0 Å². The van der Waals surface area contributed by atoms with Crippen molar-refractivity contribution in [3.8, 4) is 0 Å². The quantitative estimate of drug-likeness (QED) is 0.773. The van der Waals surface area contributed by atoms with Crippen LogP contribution in [0.15, 0.2) is 30.3 Å². The number of thioether (sulfide) groups is 1. The lowest BCUT2D eigenvalue weighted by Crippen LogP contribution is -2.35. The Morgan fingerprint density at radius 1 is 1.30 bits per heavy atom. The highest BCUT2D eigenvalue weighted by Gasteiger charge is 2.13. The summed E-state index contributed by atoms with van der Waals surface area (Å²) in [7, 11) is 0. The fourth-order valence-corrected chi connectivity index (χ4v) is 3.60. The molecule has 20 heavy (non-hydrogen) atoms. The molecule has 1 fully saturated rings. The molecule has 0 radical (unpaired) electrons. The summed E-state index contributed by atoms with van der Waals surface area (Å²) in [4.78, 5) is 0. The van der Waals surface area contributed by atoms with Gasteiger partial charge in [-0.05, 0) is 24.2 Å². The Bertz CT molecular complexity index is 355. The van der Waals surface area contributed by atoms with Gasteiger partial charge in [-0.3, -0.25) is 0 Å². The second-order valence-corrected chi connectivity index (χ2v) is 6.71. The fourth-order valence-electron chi connectivity index (χ4n) is 2.33. The molecule has 0 amide bonds. The summed E-state index contributed by atoms with van der Waals surface area (Å²) < 4.78 is 5.53. The molecule has 2 N–H and O–H groups in total. The van der Waals surface area contributed by atoms with Gasteiger partial charge in [0.1, 0.15) is 0 Å². The molecular weight excluding hydrogens is 270 g/mol. The SMILES string of the molecule is OC(CNCC1CCCCS1)COCc1ccccc1. The van der Waals surface area contributed by atoms with Gasteiger partial charge in [0, 0.05) is 18.3 Å². The van der Waals surface area contributed by atoms with Crippen LogP contribution in [0.5, 0.6) is 0 Å². The van der Waals surface area contributed by atoms with Gasteiger partial charge in [0.25, 0.3) is 0 Å². The molecule has 1 aliphatic rings. The molecule has 112 valence electrons. The van der Waals surface area contributed by atoms with Crippen LogP contribution in [-0.4, -0.2) is 41.9 Å². The lowest BCUT2D eigenvalue weighted by atomic mass is 10.2. The van der Waals surface area contributed by atoms with Crippen molar-refractivity contribution < 1.29 is 9.84 Å². The van der Waals surface area contributed by atoms with E-state index in [-0.39, 0.29) is 0 Å². The Morgan fingerprint density at radius 2 is 2.15 bits per heavy atom. The lowest BCUT2D eigenvalue weighted by Gasteiger charge is -2.22. The van der Waals surface area contributed by atoms with Gasteiger partial charge in [0.2, 0.25) is 0 Å². The standard InChI is InChI=1S/C16H25NO2S/c18-15(10-17-11-16-8-4-5-9-20-16)13-19-12-14-6-2-1-3-7-14/h1-3,6-7,15-18H,4-5,8-13H2. The molecule has 1 aliphatic heterocycles. The van der Waals surface area contributed by atoms with Gasteiger partial charge in [0.05, 0.1) is 19.3 Å². The minimum absolute atomic E-state index is 0.389. The van der Waals surface area contributed by atoms with Crippen molar-refractivity contribution in [2.75, 3.05) is 25.4 Å². The van der Waals surface area contributed by atoms with Crippen molar-refractivity contribution in [1.82, 2.24) is 5.32 Å². The van der Waals surface area contributed by atoms with Crippen LogP contribution in [0.4, 0.5) is 0 Å². The van der Waals surface area contributed by atoms with Crippen molar-refractivity contribution in [3.63, 3.8) is 0 Å². The number of aliphatic hydroxyl groups is 1. The van der Waals surface area contributed by atoms with E-state index < -0.39 is 6.10 Å². The van der Waals surface area contributed by atoms with Gasteiger partial charge in [-0.1, -0.05) is 36.8 Å². The Kier molecular flexibility index (Phi) is 7.44. The summed E-state index contributed by atoms with van der Waals surface area (Å²) in [6.45, 7) is 2.57. The van der Waals surface area contributed by atoms with Gasteiger partial charge in [0.15, 0.2) is 0 Å². The van der Waals surface area contributed by atoms with E-state index in [9.17, 15) is 5.11 Å². The van der Waals surface area contributed by atoms with E-state index in [0.29, 0.717) is 19.8 Å². The van der Waals surface area contributed by atoms with E-state index >= 15 is 0 Å². The van der Waals surface area contributed by atoms with E-state index in [1.54, 1.807) is 0 Å². The van der Waals surface area contributed by atoms with Gasteiger partial charge in [-0.2, -0.15) is 11.8 Å². The summed E-state index contributed by atoms with van der Waals surface area (Å²) in [5.41, 5.74) is 1.14. The molecule has 4 heteroatoms. The molecule has 0 saturated carbocycles. The van der Waals surface area contributed by atoms with Crippen molar-refractivity contribution in [3.05, 3.63) is 35.9 Å². The largest absolute Gasteiger partial charge is 0.389 e. The number of hydrogen-bond donors (Lipinski definition) is 2. The van der Waals surface area contributed by atoms with Crippen LogP contribution in [0.25, 0.3) is 0 Å². The maximum Gasteiger partial charge on any atom is 0.0897 e. The van der Waals surface area contributed by atoms with Crippen LogP contribution < -0.4 is 5.32 Å². The Balaban J connectivity index is 1.50. The minimum atomic E-state index is -0.424. The summed E-state index contributed by atoms with van der Waals surface area (Å²) >= 11 is 2.05. The predicted molar refractivity (Wildman–Crippen MR) is 85.1 cm³/mol. The molecule has 1 saturated heterocycles. The third-order valence-electron chi connectivity index (χ3n) is 3.45. The summed E-state index contributed by atoms with van der Waals surface area (Å²) in [5.74, 6) is 1.29. The number of rotatable bonds is 8. The number of hydrogen-bond acceptors (Lipinski definition) is 4.